The molecule has 1 aliphatic heterocycles. The molecule has 0 aliphatic carbocycles. The fourth-order valence-corrected chi connectivity index (χ4v) is 2.90. The van der Waals surface area contributed by atoms with Crippen molar-refractivity contribution in [3.63, 3.8) is 0 Å². The van der Waals surface area contributed by atoms with E-state index in [1.165, 1.54) is 0 Å². The van der Waals surface area contributed by atoms with Crippen LogP contribution >= 0.6 is 15.9 Å². The van der Waals surface area contributed by atoms with E-state index in [4.69, 9.17) is 0 Å². The maximum absolute atomic E-state index is 12.1. The Morgan fingerprint density at radius 1 is 1.37 bits per heavy atom. The Morgan fingerprint density at radius 3 is 2.47 bits per heavy atom. The minimum atomic E-state index is -0.917. The van der Waals surface area contributed by atoms with E-state index in [1.54, 1.807) is 6.92 Å². The molecule has 2 amide bonds. The number of nitrogens with one attached hydrogen (secondary N) is 1. The predicted octanol–water partition coefficient (Wildman–Crippen LogP) is 1.82. The third-order valence-corrected chi connectivity index (χ3v) is 4.75. The van der Waals surface area contributed by atoms with Gasteiger partial charge in [-0.3, -0.25) is 14.9 Å². The lowest BCUT2D eigenvalue weighted by molar-refractivity contribution is -0.129. The monoisotopic (exact) mass is 325 g/mol. The van der Waals surface area contributed by atoms with Crippen molar-refractivity contribution in [1.29, 1.82) is 0 Å². The van der Waals surface area contributed by atoms with Crippen LogP contribution < -0.4 is 5.32 Å². The molecule has 102 valence electrons. The lowest BCUT2D eigenvalue weighted by Crippen LogP contribution is -2.38. The average molecular weight is 326 g/mol. The predicted molar refractivity (Wildman–Crippen MR) is 74.4 cm³/mol. The Labute approximate surface area is 120 Å². The maximum Gasteiger partial charge on any atom is 0.234 e. The van der Waals surface area contributed by atoms with Gasteiger partial charge in [-0.2, -0.15) is 0 Å². The molecule has 1 saturated heterocycles. The molecule has 1 aromatic rings. The summed E-state index contributed by atoms with van der Waals surface area (Å²) in [4.78, 5) is 23.8. The zero-order valence-corrected chi connectivity index (χ0v) is 12.4. The van der Waals surface area contributed by atoms with Crippen molar-refractivity contribution in [3.8, 4) is 0 Å². The molecule has 1 fully saturated rings. The van der Waals surface area contributed by atoms with Gasteiger partial charge in [0.25, 0.3) is 0 Å². The van der Waals surface area contributed by atoms with Gasteiger partial charge in [0, 0.05) is 4.47 Å². The molecule has 1 aromatic carbocycles. The summed E-state index contributed by atoms with van der Waals surface area (Å²) in [7, 11) is 0. The molecule has 4 nitrogen and oxygen atoms in total. The molecule has 1 unspecified atom stereocenters. The van der Waals surface area contributed by atoms with Crippen LogP contribution in [0.15, 0.2) is 28.7 Å². The second-order valence-corrected chi connectivity index (χ2v) is 6.03. The minimum absolute atomic E-state index is 0.163. The summed E-state index contributed by atoms with van der Waals surface area (Å²) < 4.78 is 0.958. The highest BCUT2D eigenvalue weighted by Gasteiger charge is 2.54. The van der Waals surface area contributed by atoms with Gasteiger partial charge in [-0.15, -0.1) is 0 Å². The van der Waals surface area contributed by atoms with Gasteiger partial charge in [-0.05, 0) is 30.5 Å². The van der Waals surface area contributed by atoms with Crippen LogP contribution in [-0.2, 0) is 9.59 Å². The molecule has 0 radical (unpaired) electrons. The van der Waals surface area contributed by atoms with E-state index in [1.807, 2.05) is 31.2 Å². The number of carbonyl (C=O) groups excluding carboxylic acids is 2. The van der Waals surface area contributed by atoms with E-state index >= 15 is 0 Å². The summed E-state index contributed by atoms with van der Waals surface area (Å²) in [6.45, 7) is 3.32. The van der Waals surface area contributed by atoms with Gasteiger partial charge in [-0.1, -0.05) is 35.0 Å². The topological polar surface area (TPSA) is 66.4 Å². The molecule has 1 aliphatic rings. The summed E-state index contributed by atoms with van der Waals surface area (Å²) in [5.74, 6) is -1.56. The molecule has 0 saturated carbocycles. The van der Waals surface area contributed by atoms with Crippen molar-refractivity contribution in [2.45, 2.75) is 19.8 Å². The lowest BCUT2D eigenvalue weighted by atomic mass is 9.67. The number of hydrogen-bond donors (Lipinski definition) is 2. The Morgan fingerprint density at radius 2 is 1.95 bits per heavy atom. The lowest BCUT2D eigenvalue weighted by Gasteiger charge is -2.32. The maximum atomic E-state index is 12.1. The Bertz CT molecular complexity index is 514. The second-order valence-electron chi connectivity index (χ2n) is 5.11. The molecule has 19 heavy (non-hydrogen) atoms. The summed E-state index contributed by atoms with van der Waals surface area (Å²) >= 11 is 3.37. The molecule has 0 spiro atoms. The summed E-state index contributed by atoms with van der Waals surface area (Å²) in [5, 5.41) is 11.7. The minimum Gasteiger partial charge on any atom is -0.396 e. The molecule has 0 aromatic heterocycles. The van der Waals surface area contributed by atoms with Crippen LogP contribution in [0.2, 0.25) is 0 Å². The first-order valence-corrected chi connectivity index (χ1v) is 6.92. The molecule has 5 heteroatoms. The number of benzene rings is 1. The summed E-state index contributed by atoms with van der Waals surface area (Å²) in [5.41, 5.74) is 0.0497. The van der Waals surface area contributed by atoms with Crippen LogP contribution in [0.4, 0.5) is 0 Å². The van der Waals surface area contributed by atoms with Crippen LogP contribution in [0.3, 0.4) is 0 Å². The van der Waals surface area contributed by atoms with Crippen molar-refractivity contribution in [3.05, 3.63) is 34.3 Å². The van der Waals surface area contributed by atoms with E-state index in [-0.39, 0.29) is 24.3 Å². The molecule has 2 rings (SSSR count). The number of carbonyl (C=O) groups is 2. The van der Waals surface area contributed by atoms with Crippen molar-refractivity contribution < 1.29 is 14.7 Å². The molecular formula is C14H16BrNO3. The quantitative estimate of drug-likeness (QED) is 0.833. The van der Waals surface area contributed by atoms with Gasteiger partial charge in [-0.25, -0.2) is 0 Å². The SMILES string of the molecule is CC(c1ccc(Br)cc1)[C@@]1(C)C(=O)NC(=O)[C@@H]1CO. The van der Waals surface area contributed by atoms with Crippen LogP contribution in [0.1, 0.15) is 25.3 Å². The molecule has 1 heterocycles. The van der Waals surface area contributed by atoms with Crippen molar-refractivity contribution in [1.82, 2.24) is 5.32 Å². The van der Waals surface area contributed by atoms with Crippen LogP contribution in [-0.4, -0.2) is 23.5 Å². The molecule has 3 atom stereocenters. The smallest absolute Gasteiger partial charge is 0.234 e. The van der Waals surface area contributed by atoms with Crippen LogP contribution in [0.5, 0.6) is 0 Å². The number of aliphatic hydroxyl groups is 1. The average Bonchev–Trinajstić information content (AvgIpc) is 2.60. The Kier molecular flexibility index (Phi) is 3.78. The molecule has 0 bridgehead atoms. The third kappa shape index (κ3) is 2.21. The normalized spacial score (nSPS) is 28.3. The number of halogens is 1. The first kappa shape index (κ1) is 14.2. The van der Waals surface area contributed by atoms with E-state index < -0.39 is 11.3 Å². The van der Waals surface area contributed by atoms with E-state index in [9.17, 15) is 14.7 Å². The second kappa shape index (κ2) is 5.06. The molecular weight excluding hydrogens is 310 g/mol. The van der Waals surface area contributed by atoms with Crippen molar-refractivity contribution in [2.75, 3.05) is 6.61 Å². The standard InChI is InChI=1S/C14H16BrNO3/c1-8(9-3-5-10(15)6-4-9)14(2)11(7-17)12(18)16-13(14)19/h3-6,8,11,17H,7H2,1-2H3,(H,16,18,19)/t8?,11-,14+/m0/s1. The largest absolute Gasteiger partial charge is 0.396 e. The van der Waals surface area contributed by atoms with Gasteiger partial charge >= 0.3 is 0 Å². The number of rotatable bonds is 3. The van der Waals surface area contributed by atoms with Crippen molar-refractivity contribution >= 4 is 27.7 Å². The first-order valence-electron chi connectivity index (χ1n) is 6.13. The van der Waals surface area contributed by atoms with E-state index in [0.717, 1.165) is 10.0 Å². The van der Waals surface area contributed by atoms with Gasteiger partial charge in [0.2, 0.25) is 11.8 Å². The number of imide groups is 1. The van der Waals surface area contributed by atoms with Crippen LogP contribution in [0, 0.1) is 11.3 Å². The van der Waals surface area contributed by atoms with E-state index in [0.29, 0.717) is 0 Å². The number of amides is 2. The highest BCUT2D eigenvalue weighted by Crippen LogP contribution is 2.45. The number of hydrogen-bond acceptors (Lipinski definition) is 3. The Hall–Kier alpha value is -1.20. The number of aliphatic hydroxyl groups excluding tert-OH is 1. The zero-order valence-electron chi connectivity index (χ0n) is 10.8. The fourth-order valence-electron chi connectivity index (χ4n) is 2.63. The first-order chi connectivity index (χ1) is 8.91. The van der Waals surface area contributed by atoms with Crippen LogP contribution in [0.25, 0.3) is 0 Å². The summed E-state index contributed by atoms with van der Waals surface area (Å²) in [6, 6.07) is 7.64. The van der Waals surface area contributed by atoms with Gasteiger partial charge in [0.05, 0.1) is 17.9 Å². The van der Waals surface area contributed by atoms with Gasteiger partial charge in [0.1, 0.15) is 0 Å². The zero-order chi connectivity index (χ0) is 14.2. The highest BCUT2D eigenvalue weighted by molar-refractivity contribution is 9.10. The van der Waals surface area contributed by atoms with Crippen molar-refractivity contribution in [2.24, 2.45) is 11.3 Å². The van der Waals surface area contributed by atoms with E-state index in [2.05, 4.69) is 21.2 Å². The molecule has 2 N–H and O–H groups in total. The van der Waals surface area contributed by atoms with Gasteiger partial charge in [0.15, 0.2) is 0 Å². The highest BCUT2D eigenvalue weighted by atomic mass is 79.9. The summed E-state index contributed by atoms with van der Waals surface area (Å²) in [6.07, 6.45) is 0. The van der Waals surface area contributed by atoms with Gasteiger partial charge < -0.3 is 5.11 Å². The fraction of sp³-hybridized carbons (Fsp3) is 0.429. The Balaban J connectivity index is 2.40. The third-order valence-electron chi connectivity index (χ3n) is 4.22.